The number of carbonyl (C=O) groups excluding carboxylic acids is 1. The van der Waals surface area contributed by atoms with E-state index in [0.717, 1.165) is 40.6 Å². The molecule has 1 aromatic carbocycles. The highest BCUT2D eigenvalue weighted by Crippen LogP contribution is 2.31. The average Bonchev–Trinajstić information content (AvgIpc) is 3.28. The molecule has 6 heteroatoms. The Kier molecular flexibility index (Phi) is 10.4. The molecule has 2 aromatic heterocycles. The molecule has 34 heavy (non-hydrogen) atoms. The van der Waals surface area contributed by atoms with Gasteiger partial charge in [0.05, 0.1) is 18.9 Å². The molecule has 0 spiro atoms. The van der Waals surface area contributed by atoms with Gasteiger partial charge in [-0.1, -0.05) is 31.6 Å². The third-order valence-corrected chi connectivity index (χ3v) is 5.67. The summed E-state index contributed by atoms with van der Waals surface area (Å²) < 4.78 is 4.51. The highest BCUT2D eigenvalue weighted by Gasteiger charge is 2.19. The number of carbonyl (C=O) groups is 1. The number of allylic oxidation sites excluding steroid dienone is 3. The van der Waals surface area contributed by atoms with E-state index in [4.69, 9.17) is 0 Å². The van der Waals surface area contributed by atoms with E-state index in [1.165, 1.54) is 5.57 Å². The van der Waals surface area contributed by atoms with Gasteiger partial charge in [0.1, 0.15) is 11.4 Å². The number of methoxy groups -OCH3 is 1. The molecule has 0 aliphatic heterocycles. The summed E-state index contributed by atoms with van der Waals surface area (Å²) in [6.07, 6.45) is 11.3. The zero-order valence-corrected chi connectivity index (χ0v) is 21.2. The summed E-state index contributed by atoms with van der Waals surface area (Å²) in [5, 5.41) is 11.4. The van der Waals surface area contributed by atoms with Crippen molar-refractivity contribution in [2.24, 2.45) is 0 Å². The third-order valence-electron chi connectivity index (χ3n) is 5.67. The normalized spacial score (nSPS) is 11.4. The van der Waals surface area contributed by atoms with E-state index in [1.807, 2.05) is 39.1 Å². The zero-order chi connectivity index (χ0) is 25.1. The molecule has 0 atom stereocenters. The number of phenols is 1. The molecule has 0 bridgehead atoms. The molecule has 0 radical (unpaired) electrons. The predicted octanol–water partition coefficient (Wildman–Crippen LogP) is 6.79. The number of hydrogen-bond donors (Lipinski definition) is 2. The van der Waals surface area contributed by atoms with Gasteiger partial charge in [0.25, 0.3) is 5.91 Å². The van der Waals surface area contributed by atoms with Crippen LogP contribution in [0.2, 0.25) is 0 Å². The van der Waals surface area contributed by atoms with Crippen molar-refractivity contribution in [3.05, 3.63) is 66.2 Å². The Morgan fingerprint density at radius 2 is 1.94 bits per heavy atom. The summed E-state index contributed by atoms with van der Waals surface area (Å²) in [4.78, 5) is 22.5. The maximum atomic E-state index is 13.0. The molecular formula is C28H37N3O3. The molecule has 3 aromatic rings. The molecule has 1 amide bonds. The van der Waals surface area contributed by atoms with Gasteiger partial charge in [-0.25, -0.2) is 4.98 Å². The number of aromatic amines is 1. The molecule has 0 fully saturated rings. The first kappa shape index (κ1) is 26.7. The van der Waals surface area contributed by atoms with E-state index in [2.05, 4.69) is 40.7 Å². The summed E-state index contributed by atoms with van der Waals surface area (Å²) in [7, 11) is 1.62. The quantitative estimate of drug-likeness (QED) is 0.361. The Labute approximate surface area is 203 Å². The summed E-state index contributed by atoms with van der Waals surface area (Å²) in [5.74, 6) is -0.128. The standard InChI is InChI=1S/C24H29N3O2.C4H8O/c1-5-8-11-27(7-3)24(29)20-12-17(9-10-22(20)28)18-13-19-21(16(4)6-2)15-26-23(19)25-14-18;1-3-4-5-2/h6,9-10,12-15,28H,5,7-8,11H2,1-4H3,(H,25,26);3-4H,1-2H3/b16-6+;4-3+. The number of phenolic OH excluding ortho intramolecular Hbond substituents is 1. The van der Waals surface area contributed by atoms with Gasteiger partial charge in [0.15, 0.2) is 0 Å². The second-order valence-electron chi connectivity index (χ2n) is 7.97. The lowest BCUT2D eigenvalue weighted by atomic mass is 10.0. The Balaban J connectivity index is 0.000000739. The number of nitrogens with zero attached hydrogens (tertiary/aromatic N) is 2. The Morgan fingerprint density at radius 1 is 1.18 bits per heavy atom. The van der Waals surface area contributed by atoms with Gasteiger partial charge >= 0.3 is 0 Å². The van der Waals surface area contributed by atoms with Crippen molar-refractivity contribution in [2.45, 2.75) is 47.5 Å². The lowest BCUT2D eigenvalue weighted by Crippen LogP contribution is -2.31. The van der Waals surface area contributed by atoms with E-state index in [-0.39, 0.29) is 11.7 Å². The minimum atomic E-state index is -0.138. The minimum absolute atomic E-state index is 0.00910. The summed E-state index contributed by atoms with van der Waals surface area (Å²) in [6.45, 7) is 11.4. The molecule has 0 unspecified atom stereocenters. The van der Waals surface area contributed by atoms with Crippen LogP contribution in [0.1, 0.15) is 63.4 Å². The van der Waals surface area contributed by atoms with Crippen molar-refractivity contribution in [1.29, 1.82) is 0 Å². The topological polar surface area (TPSA) is 78.4 Å². The van der Waals surface area contributed by atoms with E-state index in [1.54, 1.807) is 36.6 Å². The summed E-state index contributed by atoms with van der Waals surface area (Å²) in [6, 6.07) is 7.27. The number of hydrogen-bond acceptors (Lipinski definition) is 4. The molecule has 3 rings (SSSR count). The lowest BCUT2D eigenvalue weighted by molar-refractivity contribution is 0.0759. The van der Waals surface area contributed by atoms with Gasteiger partial charge in [0, 0.05) is 42.0 Å². The maximum Gasteiger partial charge on any atom is 0.257 e. The Morgan fingerprint density at radius 3 is 2.53 bits per heavy atom. The number of H-pyrrole nitrogens is 1. The molecular weight excluding hydrogens is 426 g/mol. The molecule has 0 saturated heterocycles. The van der Waals surface area contributed by atoms with Crippen molar-refractivity contribution in [2.75, 3.05) is 20.2 Å². The van der Waals surface area contributed by atoms with Gasteiger partial charge in [-0.3, -0.25) is 4.79 Å². The lowest BCUT2D eigenvalue weighted by Gasteiger charge is -2.21. The van der Waals surface area contributed by atoms with E-state index < -0.39 is 0 Å². The number of amides is 1. The molecule has 0 saturated carbocycles. The van der Waals surface area contributed by atoms with Crippen LogP contribution in [0.4, 0.5) is 0 Å². The summed E-state index contributed by atoms with van der Waals surface area (Å²) in [5.41, 5.74) is 5.22. The first-order valence-electron chi connectivity index (χ1n) is 11.8. The Hall–Kier alpha value is -3.54. The number of pyridine rings is 1. The van der Waals surface area contributed by atoms with Crippen LogP contribution in [-0.4, -0.2) is 46.1 Å². The average molecular weight is 464 g/mol. The van der Waals surface area contributed by atoms with Crippen LogP contribution < -0.4 is 0 Å². The van der Waals surface area contributed by atoms with Crippen LogP contribution in [0.3, 0.4) is 0 Å². The number of aromatic nitrogens is 2. The smallest absolute Gasteiger partial charge is 0.257 e. The van der Waals surface area contributed by atoms with Crippen molar-refractivity contribution in [3.63, 3.8) is 0 Å². The van der Waals surface area contributed by atoms with Crippen LogP contribution in [0, 0.1) is 0 Å². The van der Waals surface area contributed by atoms with Gasteiger partial charge < -0.3 is 19.7 Å². The van der Waals surface area contributed by atoms with Gasteiger partial charge in [0.2, 0.25) is 0 Å². The number of benzene rings is 1. The first-order valence-corrected chi connectivity index (χ1v) is 11.8. The van der Waals surface area contributed by atoms with Crippen LogP contribution in [0.15, 0.2) is 55.1 Å². The number of unbranched alkanes of at least 4 members (excludes halogenated alkanes) is 1. The molecule has 0 aliphatic rings. The highest BCUT2D eigenvalue weighted by molar-refractivity contribution is 5.99. The van der Waals surface area contributed by atoms with Crippen LogP contribution in [-0.2, 0) is 4.74 Å². The van der Waals surface area contributed by atoms with E-state index in [0.29, 0.717) is 18.7 Å². The number of aromatic hydroxyl groups is 1. The molecule has 182 valence electrons. The predicted molar refractivity (Wildman–Crippen MR) is 141 cm³/mol. The molecule has 2 heterocycles. The maximum absolute atomic E-state index is 13.0. The highest BCUT2D eigenvalue weighted by atomic mass is 16.5. The minimum Gasteiger partial charge on any atom is -0.507 e. The largest absolute Gasteiger partial charge is 0.507 e. The second kappa shape index (κ2) is 13.2. The zero-order valence-electron chi connectivity index (χ0n) is 21.2. The molecule has 0 aliphatic carbocycles. The van der Waals surface area contributed by atoms with Crippen molar-refractivity contribution >= 4 is 22.5 Å². The molecule has 2 N–H and O–H groups in total. The number of ether oxygens (including phenoxy) is 1. The second-order valence-corrected chi connectivity index (χ2v) is 7.97. The fourth-order valence-corrected chi connectivity index (χ4v) is 3.59. The van der Waals surface area contributed by atoms with Crippen LogP contribution >= 0.6 is 0 Å². The van der Waals surface area contributed by atoms with Crippen molar-refractivity contribution in [1.82, 2.24) is 14.9 Å². The Bertz CT molecular complexity index is 1150. The molecule has 6 nitrogen and oxygen atoms in total. The van der Waals surface area contributed by atoms with Crippen molar-refractivity contribution < 1.29 is 14.6 Å². The van der Waals surface area contributed by atoms with Gasteiger partial charge in [-0.2, -0.15) is 0 Å². The third kappa shape index (κ3) is 6.50. The number of fused-ring (bicyclic) bond motifs is 1. The fourth-order valence-electron chi connectivity index (χ4n) is 3.59. The number of nitrogens with one attached hydrogen (secondary N) is 1. The van der Waals surface area contributed by atoms with Gasteiger partial charge in [-0.15, -0.1) is 0 Å². The van der Waals surface area contributed by atoms with Crippen molar-refractivity contribution in [3.8, 4) is 16.9 Å². The van der Waals surface area contributed by atoms with Gasteiger partial charge in [-0.05, 0) is 63.5 Å². The van der Waals surface area contributed by atoms with Crippen LogP contribution in [0.25, 0.3) is 27.7 Å². The monoisotopic (exact) mass is 463 g/mol. The SMILES string of the molecule is C/C=C(\C)c1c[nH]c2ncc(-c3ccc(O)c(C(=O)N(CC)CCCC)c3)cc12.C/C=C/OC. The first-order chi connectivity index (χ1) is 16.4. The number of rotatable bonds is 8. The fraction of sp³-hybridized carbons (Fsp3) is 0.357. The van der Waals surface area contributed by atoms with E-state index >= 15 is 0 Å². The summed E-state index contributed by atoms with van der Waals surface area (Å²) >= 11 is 0. The van der Waals surface area contributed by atoms with Crippen LogP contribution in [0.5, 0.6) is 5.75 Å². The van der Waals surface area contributed by atoms with E-state index in [9.17, 15) is 9.90 Å².